The fraction of sp³-hybridized carbons (Fsp3) is 0.600. The molecule has 0 bridgehead atoms. The van der Waals surface area contributed by atoms with Gasteiger partial charge in [0, 0.05) is 5.92 Å². The summed E-state index contributed by atoms with van der Waals surface area (Å²) in [6.07, 6.45) is 3.46. The summed E-state index contributed by atoms with van der Waals surface area (Å²) < 4.78 is 10.9. The summed E-state index contributed by atoms with van der Waals surface area (Å²) in [5, 5.41) is 11.2. The van der Waals surface area contributed by atoms with Gasteiger partial charge in [-0.3, -0.25) is 0 Å². The Morgan fingerprint density at radius 1 is 1.12 bits per heavy atom. The van der Waals surface area contributed by atoms with Crippen molar-refractivity contribution >= 4 is 11.9 Å². The lowest BCUT2D eigenvalue weighted by Gasteiger charge is -2.32. The highest BCUT2D eigenvalue weighted by Crippen LogP contribution is 2.41. The van der Waals surface area contributed by atoms with Gasteiger partial charge in [0.25, 0.3) is 0 Å². The topological polar surface area (TPSA) is 72.8 Å². The second kappa shape index (κ2) is 8.64. The van der Waals surface area contributed by atoms with Crippen LogP contribution in [0.15, 0.2) is 30.3 Å². The van der Waals surface area contributed by atoms with Crippen LogP contribution in [0.4, 0.5) is 0 Å². The van der Waals surface area contributed by atoms with Gasteiger partial charge in [-0.15, -0.1) is 0 Å². The normalized spacial score (nSPS) is 17.5. The summed E-state index contributed by atoms with van der Waals surface area (Å²) in [5.41, 5.74) is -1.21. The summed E-state index contributed by atoms with van der Waals surface area (Å²) in [5.74, 6) is -1.58. The van der Waals surface area contributed by atoms with Crippen LogP contribution in [0.5, 0.6) is 0 Å². The van der Waals surface area contributed by atoms with Gasteiger partial charge in [-0.25, -0.2) is 9.59 Å². The Balaban J connectivity index is 1.98. The molecular formula is C20H30NO5+. The monoisotopic (exact) mass is 364 g/mol. The van der Waals surface area contributed by atoms with Crippen molar-refractivity contribution in [1.29, 1.82) is 0 Å². The van der Waals surface area contributed by atoms with Gasteiger partial charge in [0.05, 0.1) is 21.1 Å². The highest BCUT2D eigenvalue weighted by Gasteiger charge is 2.48. The maximum atomic E-state index is 12.7. The zero-order valence-corrected chi connectivity index (χ0v) is 15.9. The summed E-state index contributed by atoms with van der Waals surface area (Å²) >= 11 is 0. The van der Waals surface area contributed by atoms with E-state index in [1.165, 1.54) is 0 Å². The highest BCUT2D eigenvalue weighted by atomic mass is 16.6. The third kappa shape index (κ3) is 5.29. The van der Waals surface area contributed by atoms with Gasteiger partial charge in [0.15, 0.2) is 12.2 Å². The molecular weight excluding hydrogens is 334 g/mol. The van der Waals surface area contributed by atoms with E-state index in [9.17, 15) is 14.7 Å². The second-order valence-electron chi connectivity index (χ2n) is 7.92. The van der Waals surface area contributed by atoms with Crippen LogP contribution in [-0.4, -0.2) is 62.4 Å². The molecule has 1 saturated carbocycles. The molecule has 0 spiro atoms. The Morgan fingerprint density at radius 2 is 1.73 bits per heavy atom. The lowest BCUT2D eigenvalue weighted by Crippen LogP contribution is -2.44. The minimum absolute atomic E-state index is 0.202. The van der Waals surface area contributed by atoms with Gasteiger partial charge in [-0.05, 0) is 18.4 Å². The molecule has 0 heterocycles. The number of benzene rings is 1. The van der Waals surface area contributed by atoms with Gasteiger partial charge < -0.3 is 19.1 Å². The Morgan fingerprint density at radius 3 is 2.31 bits per heavy atom. The summed E-state index contributed by atoms with van der Waals surface area (Å²) in [6.45, 7) is 0.430. The first kappa shape index (κ1) is 20.4. The third-order valence-electron chi connectivity index (χ3n) is 4.82. The first-order valence-corrected chi connectivity index (χ1v) is 9.14. The molecule has 0 radical (unpaired) electrons. The van der Waals surface area contributed by atoms with E-state index >= 15 is 0 Å². The van der Waals surface area contributed by atoms with Crippen LogP contribution in [0.25, 0.3) is 0 Å². The molecule has 0 aromatic heterocycles. The van der Waals surface area contributed by atoms with E-state index in [1.54, 1.807) is 24.3 Å². The molecule has 1 N–H and O–H groups in total. The first-order chi connectivity index (χ1) is 12.2. The van der Waals surface area contributed by atoms with Crippen LogP contribution in [0.1, 0.15) is 31.2 Å². The summed E-state index contributed by atoms with van der Waals surface area (Å²) in [7, 11) is 5.99. The van der Waals surface area contributed by atoms with Crippen LogP contribution in [0, 0.1) is 5.92 Å². The molecule has 1 aromatic carbocycles. The van der Waals surface area contributed by atoms with E-state index in [2.05, 4.69) is 0 Å². The average Bonchev–Trinajstić information content (AvgIpc) is 3.13. The van der Waals surface area contributed by atoms with Crippen molar-refractivity contribution in [3.8, 4) is 0 Å². The number of nitrogens with zero attached hydrogens (tertiary/aromatic N) is 1. The van der Waals surface area contributed by atoms with Gasteiger partial charge >= 0.3 is 11.9 Å². The number of carbonyl (C=O) groups is 2. The molecule has 0 amide bonds. The third-order valence-corrected chi connectivity index (χ3v) is 4.82. The number of esters is 2. The van der Waals surface area contributed by atoms with Crippen molar-refractivity contribution in [2.24, 2.45) is 5.92 Å². The van der Waals surface area contributed by atoms with Gasteiger partial charge in [0.1, 0.15) is 13.2 Å². The Labute approximate surface area is 155 Å². The molecule has 1 atom stereocenters. The predicted octanol–water partition coefficient (Wildman–Crippen LogP) is 1.86. The minimum Gasteiger partial charge on any atom is -0.457 e. The molecule has 1 fully saturated rings. The molecule has 1 aliphatic rings. The van der Waals surface area contributed by atoms with E-state index < -0.39 is 24.1 Å². The van der Waals surface area contributed by atoms with Gasteiger partial charge in [-0.1, -0.05) is 43.2 Å². The smallest absolute Gasteiger partial charge is 0.344 e. The fourth-order valence-electron chi connectivity index (χ4n) is 3.27. The predicted molar refractivity (Wildman–Crippen MR) is 97.1 cm³/mol. The van der Waals surface area contributed by atoms with Crippen molar-refractivity contribution < 1.29 is 28.7 Å². The Kier molecular flexibility index (Phi) is 6.78. The van der Waals surface area contributed by atoms with E-state index in [-0.39, 0.29) is 12.5 Å². The maximum absolute atomic E-state index is 12.7. The molecule has 144 valence electrons. The molecule has 0 saturated heterocycles. The second-order valence-corrected chi connectivity index (χ2v) is 7.92. The molecule has 6 heteroatoms. The molecule has 1 aromatic rings. The number of hydrogen-bond donors (Lipinski definition) is 1. The number of ether oxygens (including phenoxy) is 2. The molecule has 1 aliphatic carbocycles. The van der Waals surface area contributed by atoms with E-state index in [1.807, 2.05) is 27.2 Å². The van der Waals surface area contributed by atoms with Crippen LogP contribution in [0.3, 0.4) is 0 Å². The largest absolute Gasteiger partial charge is 0.457 e. The zero-order chi connectivity index (χ0) is 19.2. The highest BCUT2D eigenvalue weighted by molar-refractivity contribution is 5.84. The minimum atomic E-state index is -1.72. The van der Waals surface area contributed by atoms with Gasteiger partial charge in [0.2, 0.25) is 0 Å². The number of likely N-dealkylation sites (N-methyl/N-ethyl adjacent to an activating group) is 1. The van der Waals surface area contributed by atoms with Crippen molar-refractivity contribution in [1.82, 2.24) is 0 Å². The molecule has 0 aliphatic heterocycles. The average molecular weight is 364 g/mol. The van der Waals surface area contributed by atoms with Crippen LogP contribution >= 0.6 is 0 Å². The Hall–Kier alpha value is -1.92. The van der Waals surface area contributed by atoms with Crippen molar-refractivity contribution in [3.05, 3.63) is 35.9 Å². The summed E-state index contributed by atoms with van der Waals surface area (Å²) in [6, 6.07) is 8.83. The van der Waals surface area contributed by atoms with Crippen LogP contribution < -0.4 is 0 Å². The maximum Gasteiger partial charge on any atom is 0.344 e. The molecule has 2 rings (SSSR count). The Bertz CT molecular complexity index is 604. The molecule has 26 heavy (non-hydrogen) atoms. The quantitative estimate of drug-likeness (QED) is 0.563. The lowest BCUT2D eigenvalue weighted by atomic mass is 9.80. The van der Waals surface area contributed by atoms with E-state index in [0.717, 1.165) is 25.7 Å². The zero-order valence-electron chi connectivity index (χ0n) is 15.9. The van der Waals surface area contributed by atoms with Gasteiger partial charge in [-0.2, -0.15) is 0 Å². The van der Waals surface area contributed by atoms with Crippen molar-refractivity contribution in [2.75, 3.05) is 40.9 Å². The molecule has 1 unspecified atom stereocenters. The van der Waals surface area contributed by atoms with Crippen LogP contribution in [-0.2, 0) is 24.7 Å². The van der Waals surface area contributed by atoms with E-state index in [0.29, 0.717) is 16.6 Å². The van der Waals surface area contributed by atoms with Crippen LogP contribution in [0.2, 0.25) is 0 Å². The summed E-state index contributed by atoms with van der Waals surface area (Å²) in [4.78, 5) is 24.5. The number of aliphatic hydroxyl groups is 1. The first-order valence-electron chi connectivity index (χ1n) is 9.14. The number of rotatable bonds is 8. The number of carbonyl (C=O) groups excluding carboxylic acids is 2. The lowest BCUT2D eigenvalue weighted by molar-refractivity contribution is -0.870. The SMILES string of the molecule is C[N+](C)(C)CCOC(=O)COC(=O)C(O)(c1ccccc1)C1CCCC1. The van der Waals surface area contributed by atoms with Crippen molar-refractivity contribution in [2.45, 2.75) is 31.3 Å². The molecule has 6 nitrogen and oxygen atoms in total. The van der Waals surface area contributed by atoms with Crippen molar-refractivity contribution in [3.63, 3.8) is 0 Å². The fourth-order valence-corrected chi connectivity index (χ4v) is 3.27. The number of hydrogen-bond acceptors (Lipinski definition) is 5. The number of quaternary nitrogens is 1. The van der Waals surface area contributed by atoms with E-state index in [4.69, 9.17) is 9.47 Å². The standard InChI is InChI=1S/C20H30NO5/c1-21(2,3)13-14-25-18(22)15-26-19(23)20(24,17-11-7-8-12-17)16-9-5-4-6-10-16/h4-6,9-10,17,24H,7-8,11-15H2,1-3H3/q+1.